The second-order valence-corrected chi connectivity index (χ2v) is 8.78. The van der Waals surface area contributed by atoms with Gasteiger partial charge in [0, 0.05) is 10.9 Å². The Bertz CT molecular complexity index is 969. The third-order valence-electron chi connectivity index (χ3n) is 3.78. The number of benzene rings is 1. The monoisotopic (exact) mass is 401 g/mol. The van der Waals surface area contributed by atoms with Crippen molar-refractivity contribution in [3.05, 3.63) is 52.5 Å². The minimum atomic E-state index is -0.222. The van der Waals surface area contributed by atoms with Gasteiger partial charge in [0.15, 0.2) is 5.11 Å². The van der Waals surface area contributed by atoms with Gasteiger partial charge in [-0.25, -0.2) is 0 Å². The zero-order chi connectivity index (χ0) is 19.6. The largest absolute Gasteiger partial charge is 0.357 e. The molecule has 0 saturated heterocycles. The molecule has 0 aliphatic heterocycles. The van der Waals surface area contributed by atoms with E-state index < -0.39 is 0 Å². The Balaban J connectivity index is 1.73. The van der Waals surface area contributed by atoms with Crippen molar-refractivity contribution in [2.24, 2.45) is 0 Å². The molecule has 142 valence electrons. The van der Waals surface area contributed by atoms with Gasteiger partial charge < -0.3 is 5.32 Å². The maximum absolute atomic E-state index is 12.5. The third kappa shape index (κ3) is 4.84. The van der Waals surface area contributed by atoms with Gasteiger partial charge in [0.1, 0.15) is 4.83 Å². The molecule has 0 aliphatic carbocycles. The summed E-state index contributed by atoms with van der Waals surface area (Å²) < 4.78 is 1.95. The van der Waals surface area contributed by atoms with Crippen LogP contribution in [0.15, 0.2) is 36.4 Å². The minimum Gasteiger partial charge on any atom is -0.357 e. The number of fused-ring (bicyclic) bond motifs is 1. The van der Waals surface area contributed by atoms with Gasteiger partial charge in [-0.3, -0.25) is 20.3 Å². The highest BCUT2D eigenvalue weighted by atomic mass is 32.1. The van der Waals surface area contributed by atoms with Gasteiger partial charge in [-0.05, 0) is 51.5 Å². The van der Waals surface area contributed by atoms with E-state index in [1.54, 1.807) is 0 Å². The lowest BCUT2D eigenvalue weighted by molar-refractivity contribution is 0.0947. The number of hydrogen-bond donors (Lipinski definition) is 3. The molecule has 0 aliphatic rings. The molecule has 6 nitrogen and oxygen atoms in total. The summed E-state index contributed by atoms with van der Waals surface area (Å²) in [5.74, 6) is -0.222. The van der Waals surface area contributed by atoms with Gasteiger partial charge in [0.2, 0.25) is 0 Å². The lowest BCUT2D eigenvalue weighted by Gasteiger charge is -2.22. The van der Waals surface area contributed by atoms with E-state index in [1.165, 1.54) is 16.9 Å². The Morgan fingerprint density at radius 3 is 2.59 bits per heavy atom. The quantitative estimate of drug-likeness (QED) is 0.464. The summed E-state index contributed by atoms with van der Waals surface area (Å²) in [5.41, 5.74) is 7.30. The van der Waals surface area contributed by atoms with E-state index in [0.717, 1.165) is 15.9 Å². The van der Waals surface area contributed by atoms with E-state index in [2.05, 4.69) is 33.4 Å². The fourth-order valence-electron chi connectivity index (χ4n) is 2.64. The molecule has 0 saturated carbocycles. The van der Waals surface area contributed by atoms with Crippen LogP contribution in [0, 0.1) is 6.92 Å². The number of hydrazine groups is 1. The molecule has 1 amide bonds. The van der Waals surface area contributed by atoms with E-state index in [0.29, 0.717) is 16.5 Å². The summed E-state index contributed by atoms with van der Waals surface area (Å²) in [6.07, 6.45) is 0. The molecule has 27 heavy (non-hydrogen) atoms. The topological polar surface area (TPSA) is 71.0 Å². The number of carbonyl (C=O) groups is 1. The Morgan fingerprint density at radius 1 is 1.22 bits per heavy atom. The van der Waals surface area contributed by atoms with Crippen molar-refractivity contribution in [1.82, 2.24) is 25.9 Å². The standard InChI is InChI=1S/C19H23N5OS2/c1-12-14-10-15(16(25)21-22-18(26)20-19(2,3)4)27-17(14)24(23-12)11-13-8-6-5-7-9-13/h5-10H,11H2,1-4H3,(H,21,25)(H2,20,22,26). The first-order chi connectivity index (χ1) is 12.7. The first-order valence-electron chi connectivity index (χ1n) is 8.62. The van der Waals surface area contributed by atoms with Crippen molar-refractivity contribution in [2.45, 2.75) is 39.8 Å². The lowest BCUT2D eigenvalue weighted by atomic mass is 10.1. The SMILES string of the molecule is Cc1nn(Cc2ccccc2)c2sc(C(=O)NNC(=S)NC(C)(C)C)cc12. The molecule has 8 heteroatoms. The van der Waals surface area contributed by atoms with Crippen molar-refractivity contribution in [3.63, 3.8) is 0 Å². The van der Waals surface area contributed by atoms with Crippen LogP contribution in [0.5, 0.6) is 0 Å². The normalized spacial score (nSPS) is 11.4. The first-order valence-corrected chi connectivity index (χ1v) is 9.85. The molecule has 0 radical (unpaired) electrons. The Hall–Kier alpha value is -2.45. The van der Waals surface area contributed by atoms with Gasteiger partial charge >= 0.3 is 0 Å². The predicted molar refractivity (Wildman–Crippen MR) is 114 cm³/mol. The molecular weight excluding hydrogens is 378 g/mol. The van der Waals surface area contributed by atoms with Crippen molar-refractivity contribution < 1.29 is 4.79 Å². The number of aromatic nitrogens is 2. The molecule has 3 rings (SSSR count). The second kappa shape index (κ2) is 7.66. The Morgan fingerprint density at radius 2 is 1.93 bits per heavy atom. The van der Waals surface area contributed by atoms with E-state index in [9.17, 15) is 4.79 Å². The zero-order valence-corrected chi connectivity index (χ0v) is 17.4. The number of hydrogen-bond acceptors (Lipinski definition) is 4. The van der Waals surface area contributed by atoms with E-state index in [-0.39, 0.29) is 11.4 Å². The predicted octanol–water partition coefficient (Wildman–Crippen LogP) is 3.36. The number of carbonyl (C=O) groups excluding carboxylic acids is 1. The summed E-state index contributed by atoms with van der Waals surface area (Å²) in [6.45, 7) is 8.62. The van der Waals surface area contributed by atoms with Crippen molar-refractivity contribution in [2.75, 3.05) is 0 Å². The Labute approximate surface area is 167 Å². The summed E-state index contributed by atoms with van der Waals surface area (Å²) in [5, 5.41) is 9.07. The number of thiophene rings is 1. The van der Waals surface area contributed by atoms with Crippen LogP contribution >= 0.6 is 23.6 Å². The van der Waals surface area contributed by atoms with Gasteiger partial charge in [-0.2, -0.15) is 5.10 Å². The number of nitrogens with one attached hydrogen (secondary N) is 3. The van der Waals surface area contributed by atoms with Crippen LogP contribution in [0.1, 0.15) is 41.7 Å². The maximum atomic E-state index is 12.5. The van der Waals surface area contributed by atoms with E-state index in [4.69, 9.17) is 12.2 Å². The second-order valence-electron chi connectivity index (χ2n) is 7.34. The van der Waals surface area contributed by atoms with Crippen molar-refractivity contribution in [3.8, 4) is 0 Å². The first kappa shape index (κ1) is 19.3. The number of aryl methyl sites for hydroxylation is 1. The number of rotatable bonds is 3. The van der Waals surface area contributed by atoms with E-state index in [1.807, 2.05) is 56.6 Å². The molecule has 0 fully saturated rings. The average molecular weight is 402 g/mol. The molecular formula is C19H23N5OS2. The van der Waals surface area contributed by atoms with Crippen LogP contribution in [0.3, 0.4) is 0 Å². The van der Waals surface area contributed by atoms with Gasteiger partial charge in [-0.1, -0.05) is 30.3 Å². The Kier molecular flexibility index (Phi) is 5.48. The molecule has 0 unspecified atom stereocenters. The molecule has 0 spiro atoms. The maximum Gasteiger partial charge on any atom is 0.279 e. The summed E-state index contributed by atoms with van der Waals surface area (Å²) in [6, 6.07) is 12.0. The van der Waals surface area contributed by atoms with Crippen LogP contribution in [-0.4, -0.2) is 26.3 Å². The minimum absolute atomic E-state index is 0.176. The summed E-state index contributed by atoms with van der Waals surface area (Å²) in [4.78, 5) is 14.1. The highest BCUT2D eigenvalue weighted by molar-refractivity contribution is 7.80. The van der Waals surface area contributed by atoms with Crippen LogP contribution in [-0.2, 0) is 6.54 Å². The fourth-order valence-corrected chi connectivity index (χ4v) is 4.05. The van der Waals surface area contributed by atoms with Crippen LogP contribution < -0.4 is 16.2 Å². The highest BCUT2D eigenvalue weighted by Crippen LogP contribution is 2.28. The number of nitrogens with zero attached hydrogens (tertiary/aromatic N) is 2. The fraction of sp³-hybridized carbons (Fsp3) is 0.316. The molecule has 0 bridgehead atoms. The molecule has 0 atom stereocenters. The van der Waals surface area contributed by atoms with Gasteiger partial charge in [0.25, 0.3) is 5.91 Å². The molecule has 2 aromatic heterocycles. The molecule has 3 aromatic rings. The van der Waals surface area contributed by atoms with Gasteiger partial charge in [0.05, 0.1) is 17.1 Å². The van der Waals surface area contributed by atoms with Gasteiger partial charge in [-0.15, -0.1) is 11.3 Å². The highest BCUT2D eigenvalue weighted by Gasteiger charge is 2.17. The summed E-state index contributed by atoms with van der Waals surface area (Å²) >= 11 is 6.61. The van der Waals surface area contributed by atoms with Crippen molar-refractivity contribution in [1.29, 1.82) is 0 Å². The molecule has 1 aromatic carbocycles. The molecule has 3 N–H and O–H groups in total. The third-order valence-corrected chi connectivity index (χ3v) is 5.14. The lowest BCUT2D eigenvalue weighted by Crippen LogP contribution is -2.52. The van der Waals surface area contributed by atoms with Crippen LogP contribution in [0.2, 0.25) is 0 Å². The number of amides is 1. The van der Waals surface area contributed by atoms with Crippen LogP contribution in [0.25, 0.3) is 10.2 Å². The zero-order valence-electron chi connectivity index (χ0n) is 15.8. The average Bonchev–Trinajstić information content (AvgIpc) is 3.14. The van der Waals surface area contributed by atoms with E-state index >= 15 is 0 Å². The smallest absolute Gasteiger partial charge is 0.279 e. The number of thiocarbonyl (C=S) groups is 1. The van der Waals surface area contributed by atoms with Crippen LogP contribution in [0.4, 0.5) is 0 Å². The van der Waals surface area contributed by atoms with Crippen molar-refractivity contribution >= 4 is 44.8 Å². The molecule has 2 heterocycles. The summed E-state index contributed by atoms with van der Waals surface area (Å²) in [7, 11) is 0.